The third kappa shape index (κ3) is 3.80. The predicted molar refractivity (Wildman–Crippen MR) is 76.2 cm³/mol. The predicted octanol–water partition coefficient (Wildman–Crippen LogP) is 1.63. The number of rotatable bonds is 6. The number of carbonyl (C=O) groups is 1. The Labute approximate surface area is 113 Å². The molecule has 1 amide bonds. The molecule has 0 fully saturated rings. The molecule has 2 unspecified atom stereocenters. The topological polar surface area (TPSA) is 58.4 Å². The van der Waals surface area contributed by atoms with E-state index in [9.17, 15) is 4.79 Å². The summed E-state index contributed by atoms with van der Waals surface area (Å²) < 4.78 is 0. The van der Waals surface area contributed by atoms with Gasteiger partial charge in [-0.2, -0.15) is 0 Å². The highest BCUT2D eigenvalue weighted by Crippen LogP contribution is 2.18. The van der Waals surface area contributed by atoms with E-state index >= 15 is 0 Å². The standard InChI is InChI=1S/C13H23N3OS/c1-9(2)12(13(17)15-14)16(4)10(3)8-11-6-5-7-18-11/h5-7,9-10,12H,8,14H2,1-4H3,(H,15,17). The van der Waals surface area contributed by atoms with Gasteiger partial charge in [-0.3, -0.25) is 15.1 Å². The molecule has 0 radical (unpaired) electrons. The molecule has 1 aromatic heterocycles. The number of nitrogens with one attached hydrogen (secondary N) is 1. The smallest absolute Gasteiger partial charge is 0.251 e. The molecule has 1 heterocycles. The van der Waals surface area contributed by atoms with E-state index in [1.807, 2.05) is 20.9 Å². The zero-order valence-corrected chi connectivity index (χ0v) is 12.3. The normalized spacial score (nSPS) is 14.8. The maximum atomic E-state index is 11.8. The second kappa shape index (κ2) is 6.87. The van der Waals surface area contributed by atoms with Crippen molar-refractivity contribution in [3.8, 4) is 0 Å². The molecule has 0 aliphatic rings. The van der Waals surface area contributed by atoms with Crippen LogP contribution in [-0.2, 0) is 11.2 Å². The molecule has 18 heavy (non-hydrogen) atoms. The van der Waals surface area contributed by atoms with Gasteiger partial charge >= 0.3 is 0 Å². The summed E-state index contributed by atoms with van der Waals surface area (Å²) in [5.41, 5.74) is 2.26. The Hall–Kier alpha value is -0.910. The summed E-state index contributed by atoms with van der Waals surface area (Å²) in [6.07, 6.45) is 0.954. The van der Waals surface area contributed by atoms with Crippen molar-refractivity contribution < 1.29 is 4.79 Å². The quantitative estimate of drug-likeness (QED) is 0.469. The monoisotopic (exact) mass is 269 g/mol. The lowest BCUT2D eigenvalue weighted by atomic mass is 10.00. The fourth-order valence-electron chi connectivity index (χ4n) is 2.18. The molecule has 1 aromatic rings. The Morgan fingerprint density at radius 3 is 2.61 bits per heavy atom. The Bertz CT molecular complexity index is 364. The Morgan fingerprint density at radius 2 is 2.17 bits per heavy atom. The van der Waals surface area contributed by atoms with Gasteiger partial charge in [0.05, 0.1) is 6.04 Å². The van der Waals surface area contributed by atoms with E-state index in [1.54, 1.807) is 11.3 Å². The van der Waals surface area contributed by atoms with Gasteiger partial charge in [0.15, 0.2) is 0 Å². The maximum Gasteiger partial charge on any atom is 0.251 e. The summed E-state index contributed by atoms with van der Waals surface area (Å²) in [4.78, 5) is 15.3. The van der Waals surface area contributed by atoms with Crippen LogP contribution in [0.3, 0.4) is 0 Å². The molecule has 0 spiro atoms. The van der Waals surface area contributed by atoms with Gasteiger partial charge in [-0.25, -0.2) is 5.84 Å². The van der Waals surface area contributed by atoms with Crippen LogP contribution in [0.4, 0.5) is 0 Å². The van der Waals surface area contributed by atoms with Crippen molar-refractivity contribution >= 4 is 17.2 Å². The highest BCUT2D eigenvalue weighted by atomic mass is 32.1. The Balaban J connectivity index is 2.70. The highest BCUT2D eigenvalue weighted by molar-refractivity contribution is 7.09. The molecule has 0 saturated carbocycles. The Morgan fingerprint density at radius 1 is 1.50 bits per heavy atom. The number of carbonyl (C=O) groups excluding carboxylic acids is 1. The van der Waals surface area contributed by atoms with Crippen molar-refractivity contribution in [2.24, 2.45) is 11.8 Å². The molecule has 0 saturated heterocycles. The third-order valence-corrected chi connectivity index (χ3v) is 4.15. The SMILES string of the molecule is CC(C)C(C(=O)NN)N(C)C(C)Cc1cccs1. The molecule has 5 heteroatoms. The van der Waals surface area contributed by atoms with Gasteiger partial charge < -0.3 is 0 Å². The van der Waals surface area contributed by atoms with Crippen LogP contribution < -0.4 is 11.3 Å². The number of amides is 1. The van der Waals surface area contributed by atoms with E-state index in [2.05, 4.69) is 34.8 Å². The summed E-state index contributed by atoms with van der Waals surface area (Å²) in [6, 6.07) is 4.29. The van der Waals surface area contributed by atoms with Crippen LogP contribution in [0.15, 0.2) is 17.5 Å². The lowest BCUT2D eigenvalue weighted by molar-refractivity contribution is -0.128. The maximum absolute atomic E-state index is 11.8. The molecule has 0 aromatic carbocycles. The van der Waals surface area contributed by atoms with Crippen molar-refractivity contribution in [3.05, 3.63) is 22.4 Å². The van der Waals surface area contributed by atoms with Gasteiger partial charge in [-0.15, -0.1) is 11.3 Å². The summed E-state index contributed by atoms with van der Waals surface area (Å²) in [5, 5.41) is 2.08. The third-order valence-electron chi connectivity index (χ3n) is 3.25. The van der Waals surface area contributed by atoms with Crippen LogP contribution in [0.2, 0.25) is 0 Å². The number of hydrazine groups is 1. The summed E-state index contributed by atoms with van der Waals surface area (Å²) in [5.74, 6) is 5.37. The first kappa shape index (κ1) is 15.1. The van der Waals surface area contributed by atoms with Crippen molar-refractivity contribution in [3.63, 3.8) is 0 Å². The van der Waals surface area contributed by atoms with Crippen molar-refractivity contribution in [2.45, 2.75) is 39.3 Å². The zero-order valence-electron chi connectivity index (χ0n) is 11.5. The van der Waals surface area contributed by atoms with Gasteiger partial charge in [-0.1, -0.05) is 19.9 Å². The van der Waals surface area contributed by atoms with E-state index < -0.39 is 0 Å². The minimum Gasteiger partial charge on any atom is -0.293 e. The first-order valence-corrected chi connectivity index (χ1v) is 7.10. The van der Waals surface area contributed by atoms with Gasteiger partial charge in [0.25, 0.3) is 5.91 Å². The number of likely N-dealkylation sites (N-methyl/N-ethyl adjacent to an activating group) is 1. The van der Waals surface area contributed by atoms with Crippen molar-refractivity contribution in [1.82, 2.24) is 10.3 Å². The van der Waals surface area contributed by atoms with E-state index in [1.165, 1.54) is 4.88 Å². The van der Waals surface area contributed by atoms with Gasteiger partial charge in [0, 0.05) is 10.9 Å². The molecule has 0 bridgehead atoms. The molecule has 0 aliphatic heterocycles. The largest absolute Gasteiger partial charge is 0.293 e. The zero-order chi connectivity index (χ0) is 13.7. The average molecular weight is 269 g/mol. The van der Waals surface area contributed by atoms with Crippen LogP contribution in [-0.4, -0.2) is 29.9 Å². The van der Waals surface area contributed by atoms with Crippen molar-refractivity contribution in [1.29, 1.82) is 0 Å². The number of thiophene rings is 1. The van der Waals surface area contributed by atoms with E-state index in [4.69, 9.17) is 5.84 Å². The molecular formula is C13H23N3OS. The molecule has 1 rings (SSSR count). The Kier molecular flexibility index (Phi) is 5.78. The van der Waals surface area contributed by atoms with E-state index in [0.29, 0.717) is 6.04 Å². The fourth-order valence-corrected chi connectivity index (χ4v) is 3.01. The lowest BCUT2D eigenvalue weighted by Crippen LogP contribution is -2.53. The van der Waals surface area contributed by atoms with Crippen LogP contribution in [0.25, 0.3) is 0 Å². The van der Waals surface area contributed by atoms with Crippen LogP contribution in [0.5, 0.6) is 0 Å². The van der Waals surface area contributed by atoms with Crippen LogP contribution in [0, 0.1) is 5.92 Å². The average Bonchev–Trinajstić information content (AvgIpc) is 2.81. The number of nitrogens with two attached hydrogens (primary N) is 1. The summed E-state index contributed by atoms with van der Waals surface area (Å²) in [7, 11) is 1.98. The molecular weight excluding hydrogens is 246 g/mol. The summed E-state index contributed by atoms with van der Waals surface area (Å²) >= 11 is 1.75. The first-order chi connectivity index (χ1) is 8.47. The molecule has 0 aliphatic carbocycles. The molecule has 4 nitrogen and oxygen atoms in total. The highest BCUT2D eigenvalue weighted by Gasteiger charge is 2.28. The van der Waals surface area contributed by atoms with Crippen LogP contribution in [0.1, 0.15) is 25.6 Å². The molecule has 2 atom stereocenters. The van der Waals surface area contributed by atoms with Crippen molar-refractivity contribution in [2.75, 3.05) is 7.05 Å². The molecule has 3 N–H and O–H groups in total. The van der Waals surface area contributed by atoms with Gasteiger partial charge in [0.1, 0.15) is 0 Å². The lowest BCUT2D eigenvalue weighted by Gasteiger charge is -2.34. The minimum atomic E-state index is -0.190. The number of nitrogens with zero attached hydrogens (tertiary/aromatic N) is 1. The fraction of sp³-hybridized carbons (Fsp3) is 0.615. The van der Waals surface area contributed by atoms with Gasteiger partial charge in [0.2, 0.25) is 0 Å². The second-order valence-electron chi connectivity index (χ2n) is 5.00. The van der Waals surface area contributed by atoms with E-state index in [-0.39, 0.29) is 17.9 Å². The first-order valence-electron chi connectivity index (χ1n) is 6.22. The minimum absolute atomic E-state index is 0.120. The molecule has 102 valence electrons. The second-order valence-corrected chi connectivity index (χ2v) is 6.03. The summed E-state index contributed by atoms with van der Waals surface area (Å²) in [6.45, 7) is 6.21. The van der Waals surface area contributed by atoms with Gasteiger partial charge in [-0.05, 0) is 37.8 Å². The van der Waals surface area contributed by atoms with Crippen LogP contribution >= 0.6 is 11.3 Å². The van der Waals surface area contributed by atoms with E-state index in [0.717, 1.165) is 6.42 Å². The number of hydrogen-bond acceptors (Lipinski definition) is 4. The number of hydrogen-bond donors (Lipinski definition) is 2.